The van der Waals surface area contributed by atoms with E-state index in [2.05, 4.69) is 26.6 Å². The molecule has 0 spiro atoms. The molecule has 0 aliphatic rings. The second-order valence-corrected chi connectivity index (χ2v) is 10.5. The molecule has 0 bridgehead atoms. The predicted octanol–water partition coefficient (Wildman–Crippen LogP) is 7.49. The Labute approximate surface area is 238 Å². The van der Waals surface area contributed by atoms with E-state index in [4.69, 9.17) is 11.6 Å². The molecule has 0 saturated heterocycles. The van der Waals surface area contributed by atoms with Gasteiger partial charge in [0.2, 0.25) is 0 Å². The zero-order valence-electron chi connectivity index (χ0n) is 20.0. The van der Waals surface area contributed by atoms with Crippen LogP contribution in [-0.2, 0) is 4.79 Å². The molecule has 0 heterocycles. The standard InChI is InChI=1S/C30H22BrClN2O3S/c31-23-14-12-21(13-15-23)28(35)19-38-26-11-5-10-25(18-26)33-30(37)27(17-20-6-4-9-24(32)16-20)34-29(36)22-7-2-1-3-8-22/h1-18H,19H2,(H,33,37)(H,34,36)/b27-17-. The Kier molecular flexibility index (Phi) is 9.54. The van der Waals surface area contributed by atoms with Crippen molar-refractivity contribution < 1.29 is 14.4 Å². The number of Topliss-reactive ketones (excluding diaryl/α,β-unsaturated/α-hetero) is 1. The zero-order valence-corrected chi connectivity index (χ0v) is 23.1. The number of rotatable bonds is 9. The van der Waals surface area contributed by atoms with Gasteiger partial charge in [-0.05, 0) is 66.2 Å². The average molecular weight is 606 g/mol. The molecule has 4 rings (SSSR count). The average Bonchev–Trinajstić information content (AvgIpc) is 2.92. The molecule has 4 aromatic carbocycles. The van der Waals surface area contributed by atoms with Crippen molar-refractivity contribution in [1.82, 2.24) is 5.32 Å². The summed E-state index contributed by atoms with van der Waals surface area (Å²) in [6, 6.07) is 30.0. The Morgan fingerprint density at radius 1 is 0.816 bits per heavy atom. The van der Waals surface area contributed by atoms with Crippen LogP contribution in [0.3, 0.4) is 0 Å². The predicted molar refractivity (Wildman–Crippen MR) is 158 cm³/mol. The van der Waals surface area contributed by atoms with Gasteiger partial charge < -0.3 is 10.6 Å². The van der Waals surface area contributed by atoms with Crippen molar-refractivity contribution in [3.8, 4) is 0 Å². The number of hydrogen-bond acceptors (Lipinski definition) is 4. The highest BCUT2D eigenvalue weighted by Gasteiger charge is 2.16. The fourth-order valence-corrected chi connectivity index (χ4v) is 4.75. The van der Waals surface area contributed by atoms with Crippen molar-refractivity contribution in [2.75, 3.05) is 11.1 Å². The van der Waals surface area contributed by atoms with Gasteiger partial charge in [0.1, 0.15) is 5.70 Å². The van der Waals surface area contributed by atoms with Crippen LogP contribution in [0.5, 0.6) is 0 Å². The monoisotopic (exact) mass is 604 g/mol. The number of halogens is 2. The molecule has 2 amide bonds. The molecule has 0 aliphatic carbocycles. The van der Waals surface area contributed by atoms with E-state index >= 15 is 0 Å². The highest BCUT2D eigenvalue weighted by molar-refractivity contribution is 9.10. The lowest BCUT2D eigenvalue weighted by atomic mass is 10.1. The Morgan fingerprint density at radius 3 is 2.29 bits per heavy atom. The number of ketones is 1. The summed E-state index contributed by atoms with van der Waals surface area (Å²) in [6.07, 6.45) is 1.57. The third kappa shape index (κ3) is 7.92. The topological polar surface area (TPSA) is 75.3 Å². The summed E-state index contributed by atoms with van der Waals surface area (Å²) in [5.74, 6) is -0.647. The van der Waals surface area contributed by atoms with E-state index in [1.54, 1.807) is 84.9 Å². The van der Waals surface area contributed by atoms with Crippen LogP contribution >= 0.6 is 39.3 Å². The molecule has 0 saturated carbocycles. The molecule has 0 unspecified atom stereocenters. The van der Waals surface area contributed by atoms with Gasteiger partial charge in [0.05, 0.1) is 5.75 Å². The summed E-state index contributed by atoms with van der Waals surface area (Å²) < 4.78 is 0.911. The largest absolute Gasteiger partial charge is 0.321 e. The molecule has 0 aliphatic heterocycles. The molecule has 0 fully saturated rings. The van der Waals surface area contributed by atoms with Crippen molar-refractivity contribution in [3.05, 3.63) is 135 Å². The van der Waals surface area contributed by atoms with Gasteiger partial charge in [-0.3, -0.25) is 14.4 Å². The van der Waals surface area contributed by atoms with Gasteiger partial charge >= 0.3 is 0 Å². The van der Waals surface area contributed by atoms with Gasteiger partial charge in [-0.2, -0.15) is 0 Å². The van der Waals surface area contributed by atoms with Crippen LogP contribution in [0.2, 0.25) is 5.02 Å². The van der Waals surface area contributed by atoms with Crippen molar-refractivity contribution in [2.24, 2.45) is 0 Å². The minimum absolute atomic E-state index is 0.00676. The highest BCUT2D eigenvalue weighted by Crippen LogP contribution is 2.24. The van der Waals surface area contributed by atoms with Gasteiger partial charge in [-0.1, -0.05) is 76.1 Å². The van der Waals surface area contributed by atoms with Crippen molar-refractivity contribution in [3.63, 3.8) is 0 Å². The minimum atomic E-state index is -0.498. The highest BCUT2D eigenvalue weighted by atomic mass is 79.9. The molecule has 8 heteroatoms. The third-order valence-electron chi connectivity index (χ3n) is 5.32. The normalized spacial score (nSPS) is 11.1. The summed E-state index contributed by atoms with van der Waals surface area (Å²) in [5.41, 5.74) is 2.31. The van der Waals surface area contributed by atoms with Crippen LogP contribution < -0.4 is 10.6 Å². The first kappa shape index (κ1) is 27.4. The summed E-state index contributed by atoms with van der Waals surface area (Å²) in [6.45, 7) is 0. The van der Waals surface area contributed by atoms with Crippen LogP contribution in [-0.4, -0.2) is 23.4 Å². The van der Waals surface area contributed by atoms with Crippen molar-refractivity contribution >= 4 is 68.7 Å². The number of thioether (sulfide) groups is 1. The number of amides is 2. The van der Waals surface area contributed by atoms with Gasteiger partial charge in [0.25, 0.3) is 11.8 Å². The molecule has 0 atom stereocenters. The zero-order chi connectivity index (χ0) is 26.9. The fourth-order valence-electron chi connectivity index (χ4n) is 3.44. The number of hydrogen-bond donors (Lipinski definition) is 2. The molecular weight excluding hydrogens is 584 g/mol. The van der Waals surface area contributed by atoms with Crippen LogP contribution in [0.4, 0.5) is 5.69 Å². The van der Waals surface area contributed by atoms with Gasteiger partial charge in [-0.25, -0.2) is 0 Å². The molecule has 38 heavy (non-hydrogen) atoms. The van der Waals surface area contributed by atoms with Gasteiger partial charge in [0.15, 0.2) is 5.78 Å². The maximum Gasteiger partial charge on any atom is 0.272 e. The van der Waals surface area contributed by atoms with Crippen LogP contribution in [0.25, 0.3) is 6.08 Å². The quantitative estimate of drug-likeness (QED) is 0.118. The Hall–Kier alpha value is -3.65. The Morgan fingerprint density at radius 2 is 1.55 bits per heavy atom. The number of nitrogens with one attached hydrogen (secondary N) is 2. The summed E-state index contributed by atoms with van der Waals surface area (Å²) in [4.78, 5) is 39.4. The molecule has 5 nitrogen and oxygen atoms in total. The smallest absolute Gasteiger partial charge is 0.272 e. The number of carbonyl (C=O) groups excluding carboxylic acids is 3. The molecule has 190 valence electrons. The maximum absolute atomic E-state index is 13.3. The fraction of sp³-hybridized carbons (Fsp3) is 0.0333. The first-order valence-electron chi connectivity index (χ1n) is 11.5. The van der Waals surface area contributed by atoms with Crippen LogP contribution in [0.1, 0.15) is 26.3 Å². The van der Waals surface area contributed by atoms with E-state index in [0.717, 1.165) is 9.37 Å². The number of benzene rings is 4. The lowest BCUT2D eigenvalue weighted by Gasteiger charge is -2.12. The third-order valence-corrected chi connectivity index (χ3v) is 7.07. The second kappa shape index (κ2) is 13.2. The number of anilines is 1. The maximum atomic E-state index is 13.3. The van der Waals surface area contributed by atoms with Crippen LogP contribution in [0, 0.1) is 0 Å². The van der Waals surface area contributed by atoms with Gasteiger partial charge in [0, 0.05) is 31.2 Å². The summed E-state index contributed by atoms with van der Waals surface area (Å²) in [7, 11) is 0. The summed E-state index contributed by atoms with van der Waals surface area (Å²) in [5, 5.41) is 6.06. The van der Waals surface area contributed by atoms with E-state index in [0.29, 0.717) is 27.4 Å². The second-order valence-electron chi connectivity index (χ2n) is 8.13. The Bertz CT molecular complexity index is 1490. The van der Waals surface area contributed by atoms with Gasteiger partial charge in [-0.15, -0.1) is 11.8 Å². The molecular formula is C30H22BrClN2O3S. The molecule has 2 N–H and O–H groups in total. The van der Waals surface area contributed by atoms with E-state index < -0.39 is 11.8 Å². The van der Waals surface area contributed by atoms with Crippen molar-refractivity contribution in [1.29, 1.82) is 0 Å². The van der Waals surface area contributed by atoms with Crippen LogP contribution in [0.15, 0.2) is 118 Å². The minimum Gasteiger partial charge on any atom is -0.321 e. The van der Waals surface area contributed by atoms with E-state index in [1.807, 2.05) is 24.3 Å². The first-order chi connectivity index (χ1) is 18.4. The van der Waals surface area contributed by atoms with E-state index in [1.165, 1.54) is 11.8 Å². The van der Waals surface area contributed by atoms with E-state index in [-0.39, 0.29) is 17.2 Å². The van der Waals surface area contributed by atoms with E-state index in [9.17, 15) is 14.4 Å². The molecule has 0 radical (unpaired) electrons. The summed E-state index contributed by atoms with van der Waals surface area (Å²) >= 11 is 10.9. The Balaban J connectivity index is 1.49. The SMILES string of the molecule is O=C(Nc1cccc(SCC(=O)c2ccc(Br)cc2)c1)/C(=C/c1cccc(Cl)c1)NC(=O)c1ccccc1. The molecule has 0 aromatic heterocycles. The van der Waals surface area contributed by atoms with Crippen molar-refractivity contribution in [2.45, 2.75) is 4.90 Å². The lowest BCUT2D eigenvalue weighted by Crippen LogP contribution is -2.30. The first-order valence-corrected chi connectivity index (χ1v) is 13.7. The number of carbonyl (C=O) groups is 3. The molecule has 4 aromatic rings. The lowest BCUT2D eigenvalue weighted by molar-refractivity contribution is -0.113.